The number of benzene rings is 2. The third kappa shape index (κ3) is 4.01. The molecule has 0 unspecified atom stereocenters. The zero-order chi connectivity index (χ0) is 21.3. The van der Waals surface area contributed by atoms with Gasteiger partial charge in [-0.1, -0.05) is 41.6 Å². The summed E-state index contributed by atoms with van der Waals surface area (Å²) in [5.41, 5.74) is 3.51. The quantitative estimate of drug-likeness (QED) is 0.460. The summed E-state index contributed by atoms with van der Waals surface area (Å²) in [7, 11) is 0. The molecule has 3 aromatic rings. The molecule has 1 aliphatic heterocycles. The molecule has 1 saturated heterocycles. The number of carbonyl (C=O) groups excluding carboxylic acids is 1. The number of hydrogen-bond acceptors (Lipinski definition) is 4. The number of aromatic nitrogens is 2. The molecule has 156 valence electrons. The predicted molar refractivity (Wildman–Crippen MR) is 123 cm³/mol. The molecule has 0 spiro atoms. The SMILES string of the molecule is Cc1ccc(-n2c(SCC(=O)N3CCCC[C@@H]3C)nc3ccccc3c2=O)c(C)c1. The fourth-order valence-electron chi connectivity index (χ4n) is 4.16. The first kappa shape index (κ1) is 20.7. The number of amides is 1. The molecule has 0 N–H and O–H groups in total. The lowest BCUT2D eigenvalue weighted by molar-refractivity contribution is -0.131. The van der Waals surface area contributed by atoms with E-state index in [1.165, 1.54) is 18.2 Å². The second-order valence-electron chi connectivity index (χ2n) is 8.06. The van der Waals surface area contributed by atoms with Gasteiger partial charge < -0.3 is 4.90 Å². The summed E-state index contributed by atoms with van der Waals surface area (Å²) >= 11 is 1.35. The maximum absolute atomic E-state index is 13.4. The molecule has 1 aromatic heterocycles. The van der Waals surface area contributed by atoms with Crippen LogP contribution in [0.15, 0.2) is 52.4 Å². The van der Waals surface area contributed by atoms with Crippen LogP contribution in [-0.2, 0) is 4.79 Å². The largest absolute Gasteiger partial charge is 0.339 e. The van der Waals surface area contributed by atoms with Gasteiger partial charge in [0.05, 0.1) is 22.3 Å². The fraction of sp³-hybridized carbons (Fsp3) is 0.375. The zero-order valence-corrected chi connectivity index (χ0v) is 18.5. The molecule has 2 aromatic carbocycles. The summed E-state index contributed by atoms with van der Waals surface area (Å²) in [6, 6.07) is 13.7. The monoisotopic (exact) mass is 421 g/mol. The second kappa shape index (κ2) is 8.64. The minimum absolute atomic E-state index is 0.103. The van der Waals surface area contributed by atoms with Gasteiger partial charge in [0.1, 0.15) is 0 Å². The Balaban J connectivity index is 1.74. The van der Waals surface area contributed by atoms with E-state index in [0.717, 1.165) is 36.2 Å². The van der Waals surface area contributed by atoms with E-state index in [4.69, 9.17) is 4.98 Å². The summed E-state index contributed by atoms with van der Waals surface area (Å²) in [4.78, 5) is 33.0. The Morgan fingerprint density at radius 3 is 2.73 bits per heavy atom. The average molecular weight is 422 g/mol. The number of para-hydroxylation sites is 1. The van der Waals surface area contributed by atoms with E-state index < -0.39 is 0 Å². The van der Waals surface area contributed by atoms with Crippen molar-refractivity contribution in [2.75, 3.05) is 12.3 Å². The Hall–Kier alpha value is -2.60. The van der Waals surface area contributed by atoms with Crippen molar-refractivity contribution in [2.45, 2.75) is 51.2 Å². The maximum atomic E-state index is 13.4. The summed E-state index contributed by atoms with van der Waals surface area (Å²) < 4.78 is 1.66. The van der Waals surface area contributed by atoms with Crippen molar-refractivity contribution >= 4 is 28.6 Å². The smallest absolute Gasteiger partial charge is 0.266 e. The van der Waals surface area contributed by atoms with Crippen LogP contribution in [0.5, 0.6) is 0 Å². The Kier molecular flexibility index (Phi) is 5.95. The highest BCUT2D eigenvalue weighted by molar-refractivity contribution is 7.99. The Labute approximate surface area is 181 Å². The molecular weight excluding hydrogens is 394 g/mol. The summed E-state index contributed by atoms with van der Waals surface area (Å²) in [6.45, 7) is 6.96. The summed E-state index contributed by atoms with van der Waals surface area (Å²) in [6.07, 6.45) is 3.29. The van der Waals surface area contributed by atoms with Crippen LogP contribution in [0.1, 0.15) is 37.3 Å². The van der Waals surface area contributed by atoms with Crippen molar-refractivity contribution in [2.24, 2.45) is 0 Å². The van der Waals surface area contributed by atoms with E-state index in [2.05, 4.69) is 13.0 Å². The second-order valence-corrected chi connectivity index (χ2v) is 9.01. The minimum Gasteiger partial charge on any atom is -0.339 e. The molecule has 1 amide bonds. The van der Waals surface area contributed by atoms with Crippen LogP contribution < -0.4 is 5.56 Å². The van der Waals surface area contributed by atoms with Gasteiger partial charge in [0, 0.05) is 12.6 Å². The van der Waals surface area contributed by atoms with Crippen molar-refractivity contribution < 1.29 is 4.79 Å². The maximum Gasteiger partial charge on any atom is 0.266 e. The lowest BCUT2D eigenvalue weighted by Gasteiger charge is -2.33. The third-order valence-electron chi connectivity index (χ3n) is 5.79. The normalized spacial score (nSPS) is 16.8. The number of piperidine rings is 1. The van der Waals surface area contributed by atoms with Crippen LogP contribution in [0, 0.1) is 13.8 Å². The minimum atomic E-state index is -0.103. The molecule has 30 heavy (non-hydrogen) atoms. The standard InChI is InChI=1S/C24H27N3O2S/c1-16-11-12-21(17(2)14-16)27-23(29)19-9-4-5-10-20(19)25-24(27)30-15-22(28)26-13-7-6-8-18(26)3/h4-5,9-12,14,18H,6-8,13,15H2,1-3H3/t18-/m0/s1. The van der Waals surface area contributed by atoms with Crippen molar-refractivity contribution in [1.82, 2.24) is 14.5 Å². The Morgan fingerprint density at radius 2 is 1.97 bits per heavy atom. The number of likely N-dealkylation sites (tertiary alicyclic amines) is 1. The summed E-state index contributed by atoms with van der Waals surface area (Å²) in [5, 5.41) is 1.14. The number of nitrogens with zero attached hydrogens (tertiary/aromatic N) is 3. The van der Waals surface area contributed by atoms with Gasteiger partial charge in [-0.2, -0.15) is 0 Å². The first-order valence-corrected chi connectivity index (χ1v) is 11.5. The van der Waals surface area contributed by atoms with Crippen molar-refractivity contribution in [3.05, 3.63) is 63.9 Å². The van der Waals surface area contributed by atoms with Gasteiger partial charge in [-0.25, -0.2) is 4.98 Å². The molecule has 0 saturated carbocycles. The van der Waals surface area contributed by atoms with E-state index in [9.17, 15) is 9.59 Å². The van der Waals surface area contributed by atoms with Gasteiger partial charge in [0.15, 0.2) is 5.16 Å². The molecular formula is C24H27N3O2S. The van der Waals surface area contributed by atoms with Gasteiger partial charge in [0.2, 0.25) is 5.91 Å². The number of carbonyl (C=O) groups is 1. The van der Waals surface area contributed by atoms with Crippen molar-refractivity contribution in [3.8, 4) is 5.69 Å². The van der Waals surface area contributed by atoms with Crippen LogP contribution in [-0.4, -0.2) is 38.7 Å². The third-order valence-corrected chi connectivity index (χ3v) is 6.71. The molecule has 0 bridgehead atoms. The molecule has 1 fully saturated rings. The predicted octanol–water partition coefficient (Wildman–Crippen LogP) is 4.50. The van der Waals surface area contributed by atoms with Crippen LogP contribution in [0.3, 0.4) is 0 Å². The first-order chi connectivity index (χ1) is 14.5. The molecule has 2 heterocycles. The van der Waals surface area contributed by atoms with Gasteiger partial charge in [-0.15, -0.1) is 0 Å². The molecule has 0 aliphatic carbocycles. The molecule has 4 rings (SSSR count). The van der Waals surface area contributed by atoms with E-state index >= 15 is 0 Å². The van der Waals surface area contributed by atoms with Crippen molar-refractivity contribution in [1.29, 1.82) is 0 Å². The number of hydrogen-bond donors (Lipinski definition) is 0. The number of thioether (sulfide) groups is 1. The first-order valence-electron chi connectivity index (χ1n) is 10.5. The van der Waals surface area contributed by atoms with E-state index in [1.807, 2.05) is 49.1 Å². The van der Waals surface area contributed by atoms with Gasteiger partial charge in [0.25, 0.3) is 5.56 Å². The Morgan fingerprint density at radius 1 is 1.17 bits per heavy atom. The molecule has 6 heteroatoms. The van der Waals surface area contributed by atoms with E-state index in [1.54, 1.807) is 10.6 Å². The lowest BCUT2D eigenvalue weighted by Crippen LogP contribution is -2.43. The fourth-order valence-corrected chi connectivity index (χ4v) is 5.05. The van der Waals surface area contributed by atoms with Gasteiger partial charge in [-0.05, 0) is 63.8 Å². The molecule has 1 aliphatic rings. The van der Waals surface area contributed by atoms with Crippen LogP contribution >= 0.6 is 11.8 Å². The van der Waals surface area contributed by atoms with Crippen LogP contribution in [0.4, 0.5) is 0 Å². The van der Waals surface area contributed by atoms with Gasteiger partial charge >= 0.3 is 0 Å². The van der Waals surface area contributed by atoms with Crippen LogP contribution in [0.2, 0.25) is 0 Å². The number of aryl methyl sites for hydroxylation is 2. The van der Waals surface area contributed by atoms with Gasteiger partial charge in [-0.3, -0.25) is 14.2 Å². The molecule has 5 nitrogen and oxygen atoms in total. The average Bonchev–Trinajstić information content (AvgIpc) is 2.73. The molecule has 1 atom stereocenters. The van der Waals surface area contributed by atoms with Crippen LogP contribution in [0.25, 0.3) is 16.6 Å². The lowest BCUT2D eigenvalue weighted by atomic mass is 10.0. The highest BCUT2D eigenvalue weighted by atomic mass is 32.2. The van der Waals surface area contributed by atoms with E-state index in [0.29, 0.717) is 16.1 Å². The molecule has 0 radical (unpaired) electrons. The number of rotatable bonds is 4. The summed E-state index contributed by atoms with van der Waals surface area (Å²) in [5.74, 6) is 0.391. The topological polar surface area (TPSA) is 55.2 Å². The van der Waals surface area contributed by atoms with Crippen molar-refractivity contribution in [3.63, 3.8) is 0 Å². The highest BCUT2D eigenvalue weighted by Crippen LogP contribution is 2.25. The zero-order valence-electron chi connectivity index (χ0n) is 17.7. The van der Waals surface area contributed by atoms with E-state index in [-0.39, 0.29) is 23.3 Å². The highest BCUT2D eigenvalue weighted by Gasteiger charge is 2.24. The number of fused-ring (bicyclic) bond motifs is 1. The Bertz CT molecular complexity index is 1150.